The van der Waals surface area contributed by atoms with Crippen LogP contribution in [0.3, 0.4) is 0 Å². The molecule has 32 heavy (non-hydrogen) atoms. The number of nitrogens with zero attached hydrogens (tertiary/aromatic N) is 1. The van der Waals surface area contributed by atoms with Crippen molar-refractivity contribution in [2.45, 2.75) is 38.8 Å². The molecule has 0 bridgehead atoms. The van der Waals surface area contributed by atoms with Crippen molar-refractivity contribution in [1.82, 2.24) is 10.6 Å². The van der Waals surface area contributed by atoms with Crippen LogP contribution in [0.5, 0.6) is 0 Å². The molecule has 0 saturated carbocycles. The third-order valence-electron chi connectivity index (χ3n) is 5.39. The first kappa shape index (κ1) is 23.3. The maximum Gasteiger partial charge on any atom is 0.319 e. The van der Waals surface area contributed by atoms with Crippen molar-refractivity contribution < 1.29 is 18.7 Å². The second-order valence-electron chi connectivity index (χ2n) is 7.81. The lowest BCUT2D eigenvalue weighted by Gasteiger charge is -2.21. The zero-order chi connectivity index (χ0) is 23.3. The van der Waals surface area contributed by atoms with Crippen LogP contribution in [0.15, 0.2) is 71.0 Å². The van der Waals surface area contributed by atoms with Crippen LogP contribution in [0.2, 0.25) is 0 Å². The Hall–Kier alpha value is -3.39. The number of urea groups is 1. The minimum absolute atomic E-state index is 0.151. The predicted octanol–water partition coefficient (Wildman–Crippen LogP) is 4.47. The Morgan fingerprint density at radius 3 is 2.84 bits per heavy atom. The van der Waals surface area contributed by atoms with Gasteiger partial charge in [0.15, 0.2) is 11.6 Å². The van der Waals surface area contributed by atoms with Crippen molar-refractivity contribution in [2.75, 3.05) is 0 Å². The number of fused-ring (bicyclic) bond motifs is 1. The van der Waals surface area contributed by atoms with Crippen LogP contribution in [0.25, 0.3) is 0 Å². The van der Waals surface area contributed by atoms with Gasteiger partial charge in [-0.3, -0.25) is 10.4 Å². The summed E-state index contributed by atoms with van der Waals surface area (Å²) in [5.41, 5.74) is 2.72. The molecular weight excluding hydrogens is 414 g/mol. The summed E-state index contributed by atoms with van der Waals surface area (Å²) in [6.07, 6.45) is 11.7. The number of aliphatic hydroxyl groups is 1. The summed E-state index contributed by atoms with van der Waals surface area (Å²) in [5, 5.41) is 23.8. The smallest absolute Gasteiger partial charge is 0.319 e. The van der Waals surface area contributed by atoms with E-state index in [9.17, 15) is 18.7 Å². The highest BCUT2D eigenvalue weighted by Crippen LogP contribution is 2.24. The highest BCUT2D eigenvalue weighted by atomic mass is 19.2. The number of carbonyl (C=O) groups excluding carboxylic acids is 1. The molecule has 1 aromatic rings. The summed E-state index contributed by atoms with van der Waals surface area (Å²) in [5.74, 6) is -1.92. The summed E-state index contributed by atoms with van der Waals surface area (Å²) in [6.45, 7) is 3.26. The topological polar surface area (TPSA) is 97.6 Å². The first-order chi connectivity index (χ1) is 15.3. The molecule has 1 aliphatic carbocycles. The largest absolute Gasteiger partial charge is 0.386 e. The molecule has 0 unspecified atom stereocenters. The fraction of sp³-hybridized carbons (Fsp3) is 0.292. The number of nitrogens with one attached hydrogen (secondary N) is 3. The van der Waals surface area contributed by atoms with Gasteiger partial charge in [0.05, 0.1) is 17.9 Å². The molecule has 0 aromatic heterocycles. The fourth-order valence-electron chi connectivity index (χ4n) is 3.47. The number of carbonyl (C=O) groups is 1. The second kappa shape index (κ2) is 10.3. The number of halogens is 2. The molecule has 0 fully saturated rings. The maximum absolute atomic E-state index is 13.4. The number of amides is 2. The summed E-state index contributed by atoms with van der Waals surface area (Å²) < 4.78 is 26.5. The molecule has 0 spiro atoms. The zero-order valence-corrected chi connectivity index (χ0v) is 17.9. The SMILES string of the molecule is C/C(=C\NC(=O)N[C@H](C)[C@@H](O)c1ccc(F)c(F)c1)C(=N)C1=C[C@@H]2CCC=CN=C2C=C1. The number of aliphatic imine (C=N–C) groups is 1. The lowest BCUT2D eigenvalue weighted by atomic mass is 9.88. The quantitative estimate of drug-likeness (QED) is 0.491. The van der Waals surface area contributed by atoms with Gasteiger partial charge in [0.2, 0.25) is 0 Å². The van der Waals surface area contributed by atoms with E-state index in [4.69, 9.17) is 5.41 Å². The molecule has 1 aliphatic heterocycles. The molecule has 3 rings (SSSR count). The van der Waals surface area contributed by atoms with Crippen molar-refractivity contribution >= 4 is 17.5 Å². The van der Waals surface area contributed by atoms with E-state index in [1.54, 1.807) is 13.8 Å². The molecular formula is C24H26F2N4O2. The molecule has 1 aromatic carbocycles. The fourth-order valence-corrected chi connectivity index (χ4v) is 3.47. The third kappa shape index (κ3) is 5.64. The van der Waals surface area contributed by atoms with Crippen molar-refractivity contribution in [2.24, 2.45) is 10.9 Å². The Labute approximate surface area is 185 Å². The average Bonchev–Trinajstić information content (AvgIpc) is 3.03. The lowest BCUT2D eigenvalue weighted by molar-refractivity contribution is 0.137. The molecule has 4 N–H and O–H groups in total. The van der Waals surface area contributed by atoms with E-state index in [2.05, 4.69) is 15.6 Å². The molecule has 3 atom stereocenters. The summed E-state index contributed by atoms with van der Waals surface area (Å²) in [4.78, 5) is 16.6. The van der Waals surface area contributed by atoms with E-state index < -0.39 is 29.8 Å². The van der Waals surface area contributed by atoms with Crippen molar-refractivity contribution in [3.8, 4) is 0 Å². The normalized spacial score (nSPS) is 19.8. The number of rotatable bonds is 6. The third-order valence-corrected chi connectivity index (χ3v) is 5.39. The van der Waals surface area contributed by atoms with Crippen LogP contribution < -0.4 is 10.6 Å². The van der Waals surface area contributed by atoms with Gasteiger partial charge in [-0.15, -0.1) is 0 Å². The van der Waals surface area contributed by atoms with Gasteiger partial charge in [0.25, 0.3) is 0 Å². The highest BCUT2D eigenvalue weighted by Gasteiger charge is 2.21. The van der Waals surface area contributed by atoms with Crippen LogP contribution in [0.4, 0.5) is 13.6 Å². The van der Waals surface area contributed by atoms with Gasteiger partial charge in [-0.25, -0.2) is 13.6 Å². The van der Waals surface area contributed by atoms with Gasteiger partial charge in [0.1, 0.15) is 0 Å². The molecule has 8 heteroatoms. The number of hydrogen-bond acceptors (Lipinski definition) is 4. The molecule has 2 aliphatic rings. The van der Waals surface area contributed by atoms with E-state index in [1.807, 2.05) is 30.5 Å². The number of allylic oxidation sites excluding steroid dienone is 6. The average molecular weight is 440 g/mol. The Kier molecular flexibility index (Phi) is 7.48. The summed E-state index contributed by atoms with van der Waals surface area (Å²) in [7, 11) is 0. The Balaban J connectivity index is 1.57. The maximum atomic E-state index is 13.4. The molecule has 0 radical (unpaired) electrons. The first-order valence-electron chi connectivity index (χ1n) is 10.3. The Morgan fingerprint density at radius 1 is 1.31 bits per heavy atom. The van der Waals surface area contributed by atoms with E-state index in [1.165, 1.54) is 12.3 Å². The van der Waals surface area contributed by atoms with Gasteiger partial charge in [-0.05, 0) is 61.6 Å². The summed E-state index contributed by atoms with van der Waals surface area (Å²) in [6, 6.07) is 1.72. The van der Waals surface area contributed by atoms with Gasteiger partial charge in [-0.2, -0.15) is 0 Å². The van der Waals surface area contributed by atoms with E-state index in [-0.39, 0.29) is 17.2 Å². The van der Waals surface area contributed by atoms with E-state index >= 15 is 0 Å². The van der Waals surface area contributed by atoms with Gasteiger partial charge < -0.3 is 15.7 Å². The highest BCUT2D eigenvalue weighted by molar-refractivity contribution is 6.14. The molecule has 1 heterocycles. The number of benzene rings is 1. The van der Waals surface area contributed by atoms with Crippen LogP contribution in [-0.4, -0.2) is 28.6 Å². The van der Waals surface area contributed by atoms with Gasteiger partial charge >= 0.3 is 6.03 Å². The van der Waals surface area contributed by atoms with Crippen molar-refractivity contribution in [1.29, 1.82) is 5.41 Å². The van der Waals surface area contributed by atoms with E-state index in [0.29, 0.717) is 5.57 Å². The van der Waals surface area contributed by atoms with Gasteiger partial charge in [-0.1, -0.05) is 24.3 Å². The van der Waals surface area contributed by atoms with Gasteiger partial charge in [0, 0.05) is 24.0 Å². The van der Waals surface area contributed by atoms with Crippen LogP contribution in [-0.2, 0) is 0 Å². The molecule has 2 amide bonds. The van der Waals surface area contributed by atoms with Crippen LogP contribution in [0.1, 0.15) is 38.4 Å². The molecule has 168 valence electrons. The van der Waals surface area contributed by atoms with Crippen molar-refractivity contribution in [3.05, 3.63) is 83.2 Å². The predicted molar refractivity (Wildman–Crippen MR) is 120 cm³/mol. The second-order valence-corrected chi connectivity index (χ2v) is 7.81. The van der Waals surface area contributed by atoms with E-state index in [0.717, 1.165) is 36.3 Å². The minimum Gasteiger partial charge on any atom is -0.386 e. The van der Waals surface area contributed by atoms with Crippen LogP contribution >= 0.6 is 0 Å². The monoisotopic (exact) mass is 440 g/mol. The first-order valence-corrected chi connectivity index (χ1v) is 10.3. The summed E-state index contributed by atoms with van der Waals surface area (Å²) >= 11 is 0. The Bertz CT molecular complexity index is 1060. The number of hydrogen-bond donors (Lipinski definition) is 4. The van der Waals surface area contributed by atoms with Crippen molar-refractivity contribution in [3.63, 3.8) is 0 Å². The number of aliphatic hydroxyl groups excluding tert-OH is 1. The standard InChI is InChI=1S/C24H26F2N4O2/c1-14(22(27)17-7-9-21-16(11-17)5-3-4-10-28-21)13-29-24(32)30-15(2)23(31)18-6-8-19(25)20(26)12-18/h4,6-13,15-16,23,27,31H,3,5H2,1-2H3,(H2,29,30,32)/b14-13+,27-22?/t15-,16+,23-/m1/s1. The molecule has 6 nitrogen and oxygen atoms in total. The Morgan fingerprint density at radius 2 is 2.09 bits per heavy atom. The lowest BCUT2D eigenvalue weighted by Crippen LogP contribution is -2.41. The molecule has 0 saturated heterocycles. The zero-order valence-electron chi connectivity index (χ0n) is 17.9. The minimum atomic E-state index is -1.22. The van der Waals surface area contributed by atoms with Crippen LogP contribution in [0, 0.1) is 23.0 Å².